The number of hydrogen-bond donors (Lipinski definition) is 0. The second-order valence-corrected chi connectivity index (χ2v) is 11.8. The second kappa shape index (κ2) is 12.7. The molecule has 3 aromatic carbocycles. The molecule has 1 aliphatic rings. The number of piperazine rings is 1. The Labute approximate surface area is 260 Å². The van der Waals surface area contributed by atoms with E-state index in [1.54, 1.807) is 23.5 Å². The lowest BCUT2D eigenvalue weighted by molar-refractivity contribution is -0.137. The highest BCUT2D eigenvalue weighted by atomic mass is 32.2. The molecule has 0 radical (unpaired) electrons. The van der Waals surface area contributed by atoms with Crippen LogP contribution in [0.4, 0.5) is 18.9 Å². The molecule has 6 rings (SSSR count). The molecule has 0 saturated carbocycles. The topological polar surface area (TPSA) is 76.4 Å². The molecule has 3 heterocycles. The molecule has 5 aromatic rings. The van der Waals surface area contributed by atoms with Gasteiger partial charge in [-0.2, -0.15) is 13.2 Å². The molecule has 0 spiro atoms. The lowest BCUT2D eigenvalue weighted by Gasteiger charge is -2.36. The summed E-state index contributed by atoms with van der Waals surface area (Å²) in [5.41, 5.74) is 1.96. The SMILES string of the molecule is COc1cccc(-c2nnc(SCc3nc(C(=O)N4CCN(c5cccc(C(F)(F)F)c5)CC4)cs3)n2-c2ccccc2)c1. The van der Waals surface area contributed by atoms with Crippen molar-refractivity contribution in [2.24, 2.45) is 0 Å². The molecule has 13 heteroatoms. The molecule has 2 aromatic heterocycles. The van der Waals surface area contributed by atoms with Crippen LogP contribution >= 0.6 is 23.1 Å². The number of amides is 1. The number of para-hydroxylation sites is 1. The standard InChI is InChI=1S/C31H27F3N6O2S2/c1-42-25-12-5-7-21(17-25)28-36-37-30(40(28)23-9-3-2-4-10-23)44-20-27-35-26(19-43-27)29(41)39-15-13-38(14-16-39)24-11-6-8-22(18-24)31(32,33)34/h2-12,17-19H,13-16,20H2,1H3. The minimum Gasteiger partial charge on any atom is -0.497 e. The number of nitrogens with zero attached hydrogens (tertiary/aromatic N) is 6. The van der Waals surface area contributed by atoms with Crippen molar-refractivity contribution in [2.75, 3.05) is 38.2 Å². The van der Waals surface area contributed by atoms with E-state index in [0.717, 1.165) is 34.1 Å². The summed E-state index contributed by atoms with van der Waals surface area (Å²) in [5.74, 6) is 1.70. The Morgan fingerprint density at radius 2 is 1.68 bits per heavy atom. The third-order valence-electron chi connectivity index (χ3n) is 7.18. The van der Waals surface area contributed by atoms with Gasteiger partial charge in [0, 0.05) is 48.5 Å². The number of anilines is 1. The maximum Gasteiger partial charge on any atom is 0.416 e. The normalized spacial score (nSPS) is 13.7. The van der Waals surface area contributed by atoms with Crippen molar-refractivity contribution in [1.82, 2.24) is 24.6 Å². The average molecular weight is 637 g/mol. The minimum absolute atomic E-state index is 0.186. The van der Waals surface area contributed by atoms with Crippen LogP contribution in [0.3, 0.4) is 0 Å². The van der Waals surface area contributed by atoms with Crippen molar-refractivity contribution in [3.63, 3.8) is 0 Å². The van der Waals surface area contributed by atoms with E-state index >= 15 is 0 Å². The number of alkyl halides is 3. The van der Waals surface area contributed by atoms with E-state index in [9.17, 15) is 18.0 Å². The largest absolute Gasteiger partial charge is 0.497 e. The zero-order valence-corrected chi connectivity index (χ0v) is 25.2. The van der Waals surface area contributed by atoms with Gasteiger partial charge in [0.15, 0.2) is 11.0 Å². The van der Waals surface area contributed by atoms with E-state index in [0.29, 0.717) is 54.3 Å². The maximum atomic E-state index is 13.2. The summed E-state index contributed by atoms with van der Waals surface area (Å²) in [7, 11) is 1.62. The van der Waals surface area contributed by atoms with Crippen LogP contribution in [0, 0.1) is 0 Å². The number of benzene rings is 3. The number of halogens is 3. The first-order valence-corrected chi connectivity index (χ1v) is 15.6. The number of carbonyl (C=O) groups excluding carboxylic acids is 1. The van der Waals surface area contributed by atoms with Gasteiger partial charge in [0.1, 0.15) is 16.5 Å². The molecule has 0 atom stereocenters. The van der Waals surface area contributed by atoms with E-state index in [4.69, 9.17) is 4.74 Å². The Morgan fingerprint density at radius 1 is 0.932 bits per heavy atom. The molecule has 0 unspecified atom stereocenters. The monoisotopic (exact) mass is 636 g/mol. The van der Waals surface area contributed by atoms with Crippen molar-refractivity contribution in [3.05, 3.63) is 101 Å². The Balaban J connectivity index is 1.12. The van der Waals surface area contributed by atoms with Gasteiger partial charge in [0.25, 0.3) is 5.91 Å². The van der Waals surface area contributed by atoms with Gasteiger partial charge in [0.2, 0.25) is 0 Å². The highest BCUT2D eigenvalue weighted by Gasteiger charge is 2.31. The first-order valence-electron chi connectivity index (χ1n) is 13.7. The van der Waals surface area contributed by atoms with E-state index in [2.05, 4.69) is 15.2 Å². The maximum absolute atomic E-state index is 13.2. The zero-order valence-electron chi connectivity index (χ0n) is 23.6. The molecule has 8 nitrogen and oxygen atoms in total. The van der Waals surface area contributed by atoms with E-state index in [-0.39, 0.29) is 5.91 Å². The molecular formula is C31H27F3N6O2S2. The van der Waals surface area contributed by atoms with Crippen LogP contribution in [0.5, 0.6) is 5.75 Å². The average Bonchev–Trinajstić information content (AvgIpc) is 3.71. The van der Waals surface area contributed by atoms with Gasteiger partial charge in [-0.1, -0.05) is 48.2 Å². The fourth-order valence-electron chi connectivity index (χ4n) is 4.93. The fraction of sp³-hybridized carbons (Fsp3) is 0.226. The highest BCUT2D eigenvalue weighted by molar-refractivity contribution is 7.98. The quantitative estimate of drug-likeness (QED) is 0.176. The molecule has 1 saturated heterocycles. The van der Waals surface area contributed by atoms with Gasteiger partial charge >= 0.3 is 6.18 Å². The Morgan fingerprint density at radius 3 is 2.43 bits per heavy atom. The third kappa shape index (κ3) is 6.43. The van der Waals surface area contributed by atoms with E-state index in [1.807, 2.05) is 64.1 Å². The fourth-order valence-corrected chi connectivity index (χ4v) is 6.67. The number of carbonyl (C=O) groups is 1. The molecule has 1 aliphatic heterocycles. The van der Waals surface area contributed by atoms with Crippen LogP contribution in [-0.2, 0) is 11.9 Å². The van der Waals surface area contributed by atoms with Gasteiger partial charge in [-0.05, 0) is 42.5 Å². The summed E-state index contributed by atoms with van der Waals surface area (Å²) in [4.78, 5) is 21.4. The summed E-state index contributed by atoms with van der Waals surface area (Å²) in [6.45, 7) is 1.66. The number of thioether (sulfide) groups is 1. The predicted molar refractivity (Wildman–Crippen MR) is 165 cm³/mol. The van der Waals surface area contributed by atoms with E-state index in [1.165, 1.54) is 29.2 Å². The Hall–Kier alpha value is -4.36. The number of methoxy groups -OCH3 is 1. The zero-order chi connectivity index (χ0) is 30.7. The first-order chi connectivity index (χ1) is 21.3. The predicted octanol–water partition coefficient (Wildman–Crippen LogP) is 6.67. The minimum atomic E-state index is -4.40. The van der Waals surface area contributed by atoms with Crippen molar-refractivity contribution in [1.29, 1.82) is 0 Å². The van der Waals surface area contributed by atoms with Crippen molar-refractivity contribution in [3.8, 4) is 22.8 Å². The number of rotatable bonds is 8. The number of aromatic nitrogens is 4. The van der Waals surface area contributed by atoms with Gasteiger partial charge in [0.05, 0.1) is 18.4 Å². The van der Waals surface area contributed by atoms with Gasteiger partial charge < -0.3 is 14.5 Å². The lowest BCUT2D eigenvalue weighted by atomic mass is 10.1. The first kappa shape index (κ1) is 29.7. The summed E-state index contributed by atoms with van der Waals surface area (Å²) in [6, 6.07) is 22.8. The smallest absolute Gasteiger partial charge is 0.416 e. The number of hydrogen-bond acceptors (Lipinski definition) is 8. The summed E-state index contributed by atoms with van der Waals surface area (Å²) >= 11 is 2.88. The van der Waals surface area contributed by atoms with E-state index < -0.39 is 11.7 Å². The van der Waals surface area contributed by atoms with Crippen LogP contribution in [0.1, 0.15) is 21.1 Å². The molecule has 44 heavy (non-hydrogen) atoms. The summed E-state index contributed by atoms with van der Waals surface area (Å²) in [6.07, 6.45) is -4.40. The Kier molecular flexibility index (Phi) is 8.58. The summed E-state index contributed by atoms with van der Waals surface area (Å²) < 4.78 is 46.8. The third-order valence-corrected chi connectivity index (χ3v) is 9.15. The van der Waals surface area contributed by atoms with Crippen molar-refractivity contribution >= 4 is 34.7 Å². The van der Waals surface area contributed by atoms with Crippen LogP contribution in [-0.4, -0.2) is 63.8 Å². The molecule has 226 valence electrons. The molecule has 0 aliphatic carbocycles. The van der Waals surface area contributed by atoms with Crippen LogP contribution < -0.4 is 9.64 Å². The van der Waals surface area contributed by atoms with Crippen LogP contribution in [0.2, 0.25) is 0 Å². The molecule has 1 amide bonds. The van der Waals surface area contributed by atoms with Crippen LogP contribution in [0.15, 0.2) is 89.4 Å². The lowest BCUT2D eigenvalue weighted by Crippen LogP contribution is -2.49. The second-order valence-electron chi connectivity index (χ2n) is 9.95. The molecule has 1 fully saturated rings. The van der Waals surface area contributed by atoms with Gasteiger partial charge in [-0.25, -0.2) is 4.98 Å². The Bertz CT molecular complexity index is 1750. The number of ether oxygens (including phenoxy) is 1. The highest BCUT2D eigenvalue weighted by Crippen LogP contribution is 2.33. The molecule has 0 N–H and O–H groups in total. The van der Waals surface area contributed by atoms with Gasteiger partial charge in [-0.15, -0.1) is 21.5 Å². The number of thiazole rings is 1. The summed E-state index contributed by atoms with van der Waals surface area (Å²) in [5, 5.41) is 12.2. The molecule has 0 bridgehead atoms. The van der Waals surface area contributed by atoms with Crippen LogP contribution in [0.25, 0.3) is 17.1 Å². The van der Waals surface area contributed by atoms with Crippen molar-refractivity contribution < 1.29 is 22.7 Å². The molecular weight excluding hydrogens is 610 g/mol. The van der Waals surface area contributed by atoms with Gasteiger partial charge in [-0.3, -0.25) is 9.36 Å². The van der Waals surface area contributed by atoms with Crippen molar-refractivity contribution in [2.45, 2.75) is 17.1 Å².